The lowest BCUT2D eigenvalue weighted by molar-refractivity contribution is -0.465. The second-order valence-electron chi connectivity index (χ2n) is 11.6. The Balaban J connectivity index is 1.33. The molecule has 6 aromatic rings. The molecule has 0 spiro atoms. The van der Waals surface area contributed by atoms with E-state index in [1.165, 1.54) is 54.2 Å². The molecule has 4 nitrogen and oxygen atoms in total. The Labute approximate surface area is 256 Å². The normalized spacial score (nSPS) is 20.0. The third-order valence-electron chi connectivity index (χ3n) is 8.96. The van der Waals surface area contributed by atoms with Crippen LogP contribution in [-0.2, 0) is 0 Å². The molecule has 8 rings (SSSR count). The average Bonchev–Trinajstić information content (AvgIpc) is 3.58. The van der Waals surface area contributed by atoms with Crippen LogP contribution in [0.5, 0.6) is 0 Å². The maximum absolute atomic E-state index is 8.51. The van der Waals surface area contributed by atoms with E-state index >= 15 is 0 Å². The largest absolute Gasteiger partial charge is 0.361 e. The first kappa shape index (κ1) is 26.3. The van der Waals surface area contributed by atoms with E-state index in [-0.39, 0.29) is 18.2 Å². The van der Waals surface area contributed by atoms with Gasteiger partial charge in [-0.1, -0.05) is 103 Å². The molecule has 0 bridgehead atoms. The first-order chi connectivity index (χ1) is 21.7. The minimum absolute atomic E-state index is 0.0623. The second kappa shape index (κ2) is 10.7. The molecule has 2 aliphatic rings. The van der Waals surface area contributed by atoms with Crippen LogP contribution in [0.3, 0.4) is 0 Å². The highest BCUT2D eigenvalue weighted by Gasteiger charge is 2.33. The van der Waals surface area contributed by atoms with Crippen LogP contribution in [0.25, 0.3) is 48.8 Å². The van der Waals surface area contributed by atoms with Crippen molar-refractivity contribution in [3.8, 4) is 0 Å². The summed E-state index contributed by atoms with van der Waals surface area (Å²) in [6.45, 7) is 1.95. The molecule has 212 valence electrons. The van der Waals surface area contributed by atoms with Gasteiger partial charge in [0.15, 0.2) is 6.17 Å². The van der Waals surface area contributed by atoms with Crippen LogP contribution >= 0.6 is 0 Å². The molecule has 0 aromatic heterocycles. The van der Waals surface area contributed by atoms with Crippen molar-refractivity contribution in [2.75, 3.05) is 0 Å². The Kier molecular flexibility index (Phi) is 6.43. The van der Waals surface area contributed by atoms with Crippen molar-refractivity contribution in [1.29, 1.82) is 5.41 Å². The molecule has 2 heterocycles. The van der Waals surface area contributed by atoms with Crippen LogP contribution in [-0.4, -0.2) is 23.6 Å². The van der Waals surface area contributed by atoms with Crippen molar-refractivity contribution in [2.24, 2.45) is 0 Å². The Hall–Kier alpha value is -5.32. The lowest BCUT2D eigenvalue weighted by atomic mass is 9.90. The fraction of sp³-hybridized carbons (Fsp3) is 0.100. The summed E-state index contributed by atoms with van der Waals surface area (Å²) in [4.78, 5) is 3.60. The van der Waals surface area contributed by atoms with Gasteiger partial charge in [-0.05, 0) is 85.9 Å². The van der Waals surface area contributed by atoms with Gasteiger partial charge in [-0.15, -0.1) is 0 Å². The monoisotopic (exact) mass is 569 g/mol. The third kappa shape index (κ3) is 4.43. The number of benzene rings is 6. The fourth-order valence-electron chi connectivity index (χ4n) is 6.89. The summed E-state index contributed by atoms with van der Waals surface area (Å²) in [7, 11) is 0. The first-order valence-electron chi connectivity index (χ1n) is 15.3. The van der Waals surface area contributed by atoms with Crippen molar-refractivity contribution in [3.05, 3.63) is 151 Å². The van der Waals surface area contributed by atoms with Crippen molar-refractivity contribution < 1.29 is 4.99 Å². The summed E-state index contributed by atoms with van der Waals surface area (Å²) in [5.41, 5.74) is 5.08. The number of hydrogen-bond donors (Lipinski definition) is 4. The third-order valence-corrected chi connectivity index (χ3v) is 8.96. The van der Waals surface area contributed by atoms with E-state index in [1.54, 1.807) is 0 Å². The van der Waals surface area contributed by atoms with E-state index in [9.17, 15) is 0 Å². The quantitative estimate of drug-likeness (QED) is 0.134. The highest BCUT2D eigenvalue weighted by molar-refractivity contribution is 6.13. The minimum atomic E-state index is -0.185. The molecule has 0 radical (unpaired) electrons. The maximum Gasteiger partial charge on any atom is 0.212 e. The summed E-state index contributed by atoms with van der Waals surface area (Å²) in [5.74, 6) is 0. The summed E-state index contributed by atoms with van der Waals surface area (Å²) in [6, 6.07) is 39.2. The van der Waals surface area contributed by atoms with Gasteiger partial charge in [0.05, 0.1) is 6.04 Å². The number of hydrogen-bond acceptors (Lipinski definition) is 3. The molecule has 0 aliphatic carbocycles. The molecule has 2 aliphatic heterocycles. The van der Waals surface area contributed by atoms with Crippen LogP contribution in [0.4, 0.5) is 0 Å². The van der Waals surface area contributed by atoms with E-state index in [0.717, 1.165) is 11.4 Å². The van der Waals surface area contributed by atoms with Gasteiger partial charge in [-0.25, -0.2) is 4.99 Å². The number of allylic oxidation sites excluding steroid dienone is 1. The SMILES string of the molecule is C/C=C\C(=N)C1C=CC(C2NC(c3cc4ccccc4c4ccccc34)=CC(c3cc4ccccc4c4ccccc34)N2)=[NH+]1. The molecule has 6 aromatic carbocycles. The standard InChI is InChI=1S/C40H32N4/c1-2-11-35(41)36-20-21-37(42-36)40-43-38(33-22-25-12-3-5-14-27(25)29-16-7-9-18-31(29)33)24-39(44-40)34-23-26-13-4-6-15-28(26)30-17-8-10-19-32(30)34/h2-24,36,38,40-41,43-44H,1H3/p+1/b11-2-,41-35?. The summed E-state index contributed by atoms with van der Waals surface area (Å²) >= 11 is 0. The molecule has 4 N–H and O–H groups in total. The Morgan fingerprint density at radius 1 is 0.727 bits per heavy atom. The van der Waals surface area contributed by atoms with Crippen LogP contribution in [0.15, 0.2) is 140 Å². The first-order valence-corrected chi connectivity index (χ1v) is 15.3. The van der Waals surface area contributed by atoms with Gasteiger partial charge in [0.1, 0.15) is 5.71 Å². The predicted molar refractivity (Wildman–Crippen MR) is 185 cm³/mol. The average molecular weight is 570 g/mol. The molecular weight excluding hydrogens is 536 g/mol. The van der Waals surface area contributed by atoms with E-state index in [1.807, 2.05) is 19.1 Å². The number of nitrogens with one attached hydrogen (secondary N) is 4. The Morgan fingerprint density at radius 2 is 1.32 bits per heavy atom. The lowest BCUT2D eigenvalue weighted by Gasteiger charge is -2.32. The molecule has 4 heteroatoms. The summed E-state index contributed by atoms with van der Waals surface area (Å²) in [5, 5.41) is 26.2. The van der Waals surface area contributed by atoms with Gasteiger partial charge in [-0.2, -0.15) is 0 Å². The second-order valence-corrected chi connectivity index (χ2v) is 11.6. The molecule has 0 saturated heterocycles. The molecular formula is C40H33N4+. The van der Waals surface area contributed by atoms with Crippen molar-refractivity contribution >= 4 is 60.2 Å². The van der Waals surface area contributed by atoms with Gasteiger partial charge in [0, 0.05) is 17.3 Å². The Morgan fingerprint density at radius 3 is 2.02 bits per heavy atom. The van der Waals surface area contributed by atoms with Gasteiger partial charge >= 0.3 is 0 Å². The highest BCUT2D eigenvalue weighted by Crippen LogP contribution is 2.37. The zero-order chi connectivity index (χ0) is 29.6. The number of fused-ring (bicyclic) bond motifs is 6. The van der Waals surface area contributed by atoms with E-state index in [0.29, 0.717) is 5.71 Å². The summed E-state index contributed by atoms with van der Waals surface area (Å²) < 4.78 is 0. The van der Waals surface area contributed by atoms with Gasteiger partial charge in [0.2, 0.25) is 11.8 Å². The highest BCUT2D eigenvalue weighted by atomic mass is 15.2. The summed E-state index contributed by atoms with van der Waals surface area (Å²) in [6.07, 6.45) is 10.1. The predicted octanol–water partition coefficient (Wildman–Crippen LogP) is 6.96. The van der Waals surface area contributed by atoms with E-state index in [2.05, 4.69) is 143 Å². The van der Waals surface area contributed by atoms with Crippen LogP contribution in [0.2, 0.25) is 0 Å². The number of rotatable bonds is 5. The van der Waals surface area contributed by atoms with Crippen LogP contribution < -0.4 is 15.6 Å². The Bertz CT molecular complexity index is 2240. The van der Waals surface area contributed by atoms with Crippen molar-refractivity contribution in [1.82, 2.24) is 10.6 Å². The minimum Gasteiger partial charge on any atom is -0.361 e. The van der Waals surface area contributed by atoms with E-state index < -0.39 is 0 Å². The topological polar surface area (TPSA) is 61.9 Å². The zero-order valence-electron chi connectivity index (χ0n) is 24.5. The van der Waals surface area contributed by atoms with Gasteiger partial charge < -0.3 is 5.32 Å². The van der Waals surface area contributed by atoms with Crippen LogP contribution in [0, 0.1) is 5.41 Å². The molecule has 0 amide bonds. The maximum atomic E-state index is 8.51. The van der Waals surface area contributed by atoms with E-state index in [4.69, 9.17) is 5.41 Å². The fourth-order valence-corrected chi connectivity index (χ4v) is 6.89. The van der Waals surface area contributed by atoms with Crippen molar-refractivity contribution in [3.63, 3.8) is 0 Å². The van der Waals surface area contributed by atoms with Crippen LogP contribution in [0.1, 0.15) is 24.1 Å². The smallest absolute Gasteiger partial charge is 0.212 e. The molecule has 3 unspecified atom stereocenters. The van der Waals surface area contributed by atoms with Gasteiger partial charge in [0.25, 0.3) is 0 Å². The zero-order valence-corrected chi connectivity index (χ0v) is 24.5. The van der Waals surface area contributed by atoms with Crippen molar-refractivity contribution in [2.45, 2.75) is 25.2 Å². The lowest BCUT2D eigenvalue weighted by Crippen LogP contribution is -2.82. The molecule has 0 saturated carbocycles. The van der Waals surface area contributed by atoms with Gasteiger partial charge in [-0.3, -0.25) is 10.7 Å². The molecule has 44 heavy (non-hydrogen) atoms. The molecule has 0 fully saturated rings. The molecule has 3 atom stereocenters.